The van der Waals surface area contributed by atoms with Crippen LogP contribution in [0, 0.1) is 0 Å². The number of ether oxygens (including phenoxy) is 1. The summed E-state index contributed by atoms with van der Waals surface area (Å²) in [6.45, 7) is 0. The van der Waals surface area contributed by atoms with Crippen LogP contribution in [-0.2, 0) is 0 Å². The zero-order valence-electron chi connectivity index (χ0n) is 9.75. The molecule has 0 saturated carbocycles. The van der Waals surface area contributed by atoms with Crippen LogP contribution in [0.25, 0.3) is 11.1 Å². The molecule has 92 valence electrons. The summed E-state index contributed by atoms with van der Waals surface area (Å²) >= 11 is 0. The van der Waals surface area contributed by atoms with Gasteiger partial charge in [-0.3, -0.25) is 4.79 Å². The zero-order chi connectivity index (χ0) is 13.1. The van der Waals surface area contributed by atoms with Crippen molar-refractivity contribution in [3.8, 4) is 28.4 Å². The highest BCUT2D eigenvalue weighted by Crippen LogP contribution is 2.42. The number of aromatic hydroxyl groups is 2. The van der Waals surface area contributed by atoms with Crippen molar-refractivity contribution in [1.82, 2.24) is 0 Å². The van der Waals surface area contributed by atoms with Gasteiger partial charge in [0.25, 0.3) is 0 Å². The summed E-state index contributed by atoms with van der Waals surface area (Å²) in [4.78, 5) is 11.1. The average molecular weight is 244 g/mol. The predicted octanol–water partition coefficient (Wildman–Crippen LogP) is 2.59. The van der Waals surface area contributed by atoms with Crippen LogP contribution in [0.1, 0.15) is 10.4 Å². The molecule has 0 spiro atoms. The molecule has 0 aliphatic carbocycles. The van der Waals surface area contributed by atoms with Crippen molar-refractivity contribution in [3.63, 3.8) is 0 Å². The molecule has 0 saturated heterocycles. The van der Waals surface area contributed by atoms with Gasteiger partial charge in [-0.15, -0.1) is 0 Å². The van der Waals surface area contributed by atoms with Crippen molar-refractivity contribution >= 4 is 6.29 Å². The summed E-state index contributed by atoms with van der Waals surface area (Å²) < 4.78 is 4.96. The Morgan fingerprint density at radius 3 is 2.33 bits per heavy atom. The number of carbonyl (C=O) groups excluding carboxylic acids is 1. The minimum absolute atomic E-state index is 0.0412. The molecule has 0 bridgehead atoms. The predicted molar refractivity (Wildman–Crippen MR) is 67.1 cm³/mol. The van der Waals surface area contributed by atoms with Gasteiger partial charge in [0.1, 0.15) is 0 Å². The van der Waals surface area contributed by atoms with Crippen LogP contribution in [0.2, 0.25) is 0 Å². The van der Waals surface area contributed by atoms with E-state index in [1.54, 1.807) is 12.1 Å². The Hall–Kier alpha value is -2.49. The topological polar surface area (TPSA) is 66.8 Å². The highest BCUT2D eigenvalue weighted by Gasteiger charge is 2.18. The molecular weight excluding hydrogens is 232 g/mol. The third-order valence-corrected chi connectivity index (χ3v) is 2.70. The van der Waals surface area contributed by atoms with Crippen molar-refractivity contribution in [3.05, 3.63) is 42.0 Å². The molecular formula is C14H12O4. The van der Waals surface area contributed by atoms with E-state index < -0.39 is 11.5 Å². The molecule has 0 amide bonds. The van der Waals surface area contributed by atoms with Gasteiger partial charge < -0.3 is 14.9 Å². The molecule has 0 aliphatic heterocycles. The third kappa shape index (κ3) is 1.88. The number of phenols is 2. The Bertz CT molecular complexity index is 576. The lowest BCUT2D eigenvalue weighted by Gasteiger charge is -2.12. The molecule has 2 rings (SSSR count). The van der Waals surface area contributed by atoms with Crippen LogP contribution in [0.15, 0.2) is 36.4 Å². The van der Waals surface area contributed by atoms with Gasteiger partial charge in [0.05, 0.1) is 12.7 Å². The van der Waals surface area contributed by atoms with Gasteiger partial charge in [-0.25, -0.2) is 0 Å². The van der Waals surface area contributed by atoms with E-state index in [9.17, 15) is 15.0 Å². The van der Waals surface area contributed by atoms with E-state index in [0.29, 0.717) is 11.8 Å². The number of methoxy groups -OCH3 is 1. The largest absolute Gasteiger partial charge is 0.504 e. The maximum Gasteiger partial charge on any atom is 0.201 e. The Morgan fingerprint density at radius 1 is 1.11 bits per heavy atom. The van der Waals surface area contributed by atoms with Gasteiger partial charge >= 0.3 is 0 Å². The lowest BCUT2D eigenvalue weighted by atomic mass is 9.98. The van der Waals surface area contributed by atoms with Crippen molar-refractivity contribution in [2.24, 2.45) is 0 Å². The fourth-order valence-electron chi connectivity index (χ4n) is 1.78. The SMILES string of the molecule is COc1cc(-c2ccccc2)c(C=O)c(O)c1O. The van der Waals surface area contributed by atoms with Gasteiger partial charge in [-0.1, -0.05) is 30.3 Å². The number of aldehydes is 1. The van der Waals surface area contributed by atoms with E-state index in [2.05, 4.69) is 0 Å². The van der Waals surface area contributed by atoms with Crippen LogP contribution >= 0.6 is 0 Å². The standard InChI is InChI=1S/C14H12O4/c1-18-12-7-10(9-5-3-2-4-6-9)11(8-15)13(16)14(12)17/h2-8,16-17H,1H3. The maximum atomic E-state index is 11.1. The van der Waals surface area contributed by atoms with Crippen LogP contribution in [0.3, 0.4) is 0 Å². The van der Waals surface area contributed by atoms with E-state index in [1.165, 1.54) is 13.2 Å². The van der Waals surface area contributed by atoms with Crippen LogP contribution < -0.4 is 4.74 Å². The fourth-order valence-corrected chi connectivity index (χ4v) is 1.78. The quantitative estimate of drug-likeness (QED) is 0.643. The number of rotatable bonds is 3. The van der Waals surface area contributed by atoms with E-state index >= 15 is 0 Å². The molecule has 2 aromatic carbocycles. The number of carbonyl (C=O) groups is 1. The minimum Gasteiger partial charge on any atom is -0.504 e. The maximum absolute atomic E-state index is 11.1. The summed E-state index contributed by atoms with van der Waals surface area (Å²) in [6, 6.07) is 10.6. The summed E-state index contributed by atoms with van der Waals surface area (Å²) in [6.07, 6.45) is 0.511. The van der Waals surface area contributed by atoms with Crippen molar-refractivity contribution in [1.29, 1.82) is 0 Å². The summed E-state index contributed by atoms with van der Waals surface area (Å²) in [5.74, 6) is -0.778. The van der Waals surface area contributed by atoms with Crippen molar-refractivity contribution in [2.45, 2.75) is 0 Å². The van der Waals surface area contributed by atoms with E-state index in [1.807, 2.05) is 18.2 Å². The first-order chi connectivity index (χ1) is 8.69. The second-order valence-electron chi connectivity index (χ2n) is 3.72. The van der Waals surface area contributed by atoms with Gasteiger partial charge in [0.15, 0.2) is 17.8 Å². The van der Waals surface area contributed by atoms with Crippen LogP contribution in [-0.4, -0.2) is 23.6 Å². The Balaban J connectivity index is 2.74. The van der Waals surface area contributed by atoms with Gasteiger partial charge in [0.2, 0.25) is 5.75 Å². The van der Waals surface area contributed by atoms with Crippen molar-refractivity contribution in [2.75, 3.05) is 7.11 Å². The number of hydrogen-bond donors (Lipinski definition) is 2. The number of phenolic OH excluding ortho intramolecular Hbond substituents is 2. The first kappa shape index (κ1) is 12.0. The van der Waals surface area contributed by atoms with E-state index in [-0.39, 0.29) is 11.3 Å². The minimum atomic E-state index is -0.469. The molecule has 2 aromatic rings. The second kappa shape index (κ2) is 4.79. The first-order valence-corrected chi connectivity index (χ1v) is 5.32. The van der Waals surface area contributed by atoms with E-state index in [0.717, 1.165) is 5.56 Å². The highest BCUT2D eigenvalue weighted by molar-refractivity contribution is 5.93. The molecule has 0 aliphatic rings. The molecule has 4 heteroatoms. The Kier molecular flexibility index (Phi) is 3.19. The van der Waals surface area contributed by atoms with Gasteiger partial charge in [-0.05, 0) is 17.2 Å². The summed E-state index contributed by atoms with van der Waals surface area (Å²) in [5, 5.41) is 19.4. The number of benzene rings is 2. The summed E-state index contributed by atoms with van der Waals surface area (Å²) in [7, 11) is 1.38. The molecule has 0 aromatic heterocycles. The Morgan fingerprint density at radius 2 is 1.78 bits per heavy atom. The molecule has 0 unspecified atom stereocenters. The van der Waals surface area contributed by atoms with Crippen molar-refractivity contribution < 1.29 is 19.7 Å². The molecule has 0 fully saturated rings. The second-order valence-corrected chi connectivity index (χ2v) is 3.72. The number of hydrogen-bond acceptors (Lipinski definition) is 4. The Labute approximate surface area is 104 Å². The zero-order valence-corrected chi connectivity index (χ0v) is 9.75. The van der Waals surface area contributed by atoms with Crippen LogP contribution in [0.4, 0.5) is 0 Å². The molecule has 18 heavy (non-hydrogen) atoms. The molecule has 0 heterocycles. The average Bonchev–Trinajstić information content (AvgIpc) is 2.42. The van der Waals surface area contributed by atoms with Crippen LogP contribution in [0.5, 0.6) is 17.2 Å². The fraction of sp³-hybridized carbons (Fsp3) is 0.0714. The monoisotopic (exact) mass is 244 g/mol. The lowest BCUT2D eigenvalue weighted by Crippen LogP contribution is -1.93. The lowest BCUT2D eigenvalue weighted by molar-refractivity contribution is 0.112. The molecule has 2 N–H and O–H groups in total. The first-order valence-electron chi connectivity index (χ1n) is 5.32. The summed E-state index contributed by atoms with van der Waals surface area (Å²) in [5.41, 5.74) is 1.31. The molecule has 0 radical (unpaired) electrons. The smallest absolute Gasteiger partial charge is 0.201 e. The normalized spacial score (nSPS) is 10.1. The van der Waals surface area contributed by atoms with E-state index in [4.69, 9.17) is 4.74 Å². The molecule has 4 nitrogen and oxygen atoms in total. The third-order valence-electron chi connectivity index (χ3n) is 2.70. The van der Waals surface area contributed by atoms with Gasteiger partial charge in [0, 0.05) is 0 Å². The van der Waals surface area contributed by atoms with Gasteiger partial charge in [-0.2, -0.15) is 0 Å². The highest BCUT2D eigenvalue weighted by atomic mass is 16.5. The molecule has 0 atom stereocenters.